The number of methoxy groups -OCH3 is 1. The number of aryl methyl sites for hydroxylation is 1. The average molecular weight is 466 g/mol. The molecule has 0 saturated carbocycles. The Bertz CT molecular complexity index is 1010. The highest BCUT2D eigenvalue weighted by atomic mass is 16.5. The summed E-state index contributed by atoms with van der Waals surface area (Å²) in [7, 11) is 1.64. The molecular weight excluding hydrogens is 430 g/mol. The van der Waals surface area contributed by atoms with Crippen LogP contribution in [0.1, 0.15) is 56.7 Å². The first-order valence-corrected chi connectivity index (χ1v) is 12.0. The Morgan fingerprint density at radius 2 is 1.68 bits per heavy atom. The SMILES string of the molecule is CCC(C)(C)C(=O)C(=O)N1Cc2ccccc2C[C@H]1C(=O)OCCCCc1ccc(OC)cc1. The summed E-state index contributed by atoms with van der Waals surface area (Å²) in [5, 5.41) is 0. The van der Waals surface area contributed by atoms with Crippen molar-refractivity contribution in [3.8, 4) is 5.75 Å². The Kier molecular flexibility index (Phi) is 8.48. The first-order chi connectivity index (χ1) is 16.3. The molecule has 1 aliphatic heterocycles. The van der Waals surface area contributed by atoms with E-state index >= 15 is 0 Å². The normalized spacial score (nSPS) is 15.4. The summed E-state index contributed by atoms with van der Waals surface area (Å²) in [6.45, 7) is 5.93. The Morgan fingerprint density at radius 3 is 2.32 bits per heavy atom. The molecule has 6 heteroatoms. The summed E-state index contributed by atoms with van der Waals surface area (Å²) < 4.78 is 10.8. The fourth-order valence-electron chi connectivity index (χ4n) is 4.02. The lowest BCUT2D eigenvalue weighted by molar-refractivity contribution is -0.160. The summed E-state index contributed by atoms with van der Waals surface area (Å²) >= 11 is 0. The molecular formula is C28H35NO5. The number of rotatable bonds is 10. The molecule has 1 atom stereocenters. The Hall–Kier alpha value is -3.15. The average Bonchev–Trinajstić information content (AvgIpc) is 2.87. The minimum absolute atomic E-state index is 0.234. The number of Topliss-reactive ketones (excluding diaryl/α,β-unsaturated/α-hetero) is 1. The van der Waals surface area contributed by atoms with Gasteiger partial charge in [0.1, 0.15) is 11.8 Å². The van der Waals surface area contributed by atoms with Crippen molar-refractivity contribution in [1.82, 2.24) is 4.90 Å². The number of carbonyl (C=O) groups is 3. The van der Waals surface area contributed by atoms with Crippen molar-refractivity contribution >= 4 is 17.7 Å². The zero-order valence-corrected chi connectivity index (χ0v) is 20.6. The van der Waals surface area contributed by atoms with E-state index in [-0.39, 0.29) is 13.2 Å². The molecule has 3 rings (SSSR count). The monoisotopic (exact) mass is 465 g/mol. The zero-order chi connectivity index (χ0) is 24.7. The number of amides is 1. The van der Waals surface area contributed by atoms with Gasteiger partial charge in [0.2, 0.25) is 5.78 Å². The van der Waals surface area contributed by atoms with E-state index < -0.39 is 29.1 Å². The number of benzene rings is 2. The van der Waals surface area contributed by atoms with Gasteiger partial charge in [-0.1, -0.05) is 57.2 Å². The Morgan fingerprint density at radius 1 is 1.00 bits per heavy atom. The summed E-state index contributed by atoms with van der Waals surface area (Å²) in [5.74, 6) is -0.699. The van der Waals surface area contributed by atoms with E-state index in [9.17, 15) is 14.4 Å². The van der Waals surface area contributed by atoms with E-state index in [0.717, 1.165) is 36.1 Å². The number of nitrogens with zero attached hydrogens (tertiary/aromatic N) is 1. The first-order valence-electron chi connectivity index (χ1n) is 12.0. The van der Waals surface area contributed by atoms with Gasteiger partial charge in [-0.2, -0.15) is 0 Å². The van der Waals surface area contributed by atoms with Crippen LogP contribution in [-0.2, 0) is 38.5 Å². The maximum Gasteiger partial charge on any atom is 0.329 e. The molecule has 0 unspecified atom stereocenters. The van der Waals surface area contributed by atoms with Crippen LogP contribution in [0.3, 0.4) is 0 Å². The van der Waals surface area contributed by atoms with Crippen LogP contribution >= 0.6 is 0 Å². The van der Waals surface area contributed by atoms with Crippen LogP contribution in [0.5, 0.6) is 5.75 Å². The minimum Gasteiger partial charge on any atom is -0.497 e. The number of carbonyl (C=O) groups excluding carboxylic acids is 3. The first kappa shape index (κ1) is 25.5. The molecule has 0 N–H and O–H groups in total. The molecule has 0 bridgehead atoms. The molecule has 2 aromatic rings. The third-order valence-corrected chi connectivity index (χ3v) is 6.74. The predicted octanol–water partition coefficient (Wildman–Crippen LogP) is 4.52. The quantitative estimate of drug-likeness (QED) is 0.293. The summed E-state index contributed by atoms with van der Waals surface area (Å²) in [6, 6.07) is 14.9. The van der Waals surface area contributed by atoms with Crippen LogP contribution in [0.2, 0.25) is 0 Å². The van der Waals surface area contributed by atoms with Crippen LogP contribution < -0.4 is 4.74 Å². The minimum atomic E-state index is -0.791. The lowest BCUT2D eigenvalue weighted by Gasteiger charge is -2.36. The molecule has 2 aromatic carbocycles. The highest BCUT2D eigenvalue weighted by Crippen LogP contribution is 2.28. The highest BCUT2D eigenvalue weighted by molar-refractivity contribution is 6.38. The van der Waals surface area contributed by atoms with Gasteiger partial charge in [-0.25, -0.2) is 4.79 Å². The van der Waals surface area contributed by atoms with Crippen LogP contribution in [0.25, 0.3) is 0 Å². The molecule has 1 heterocycles. The number of hydrogen-bond donors (Lipinski definition) is 0. The number of ketones is 1. The second-order valence-electron chi connectivity index (χ2n) is 9.46. The van der Waals surface area contributed by atoms with Gasteiger partial charge < -0.3 is 14.4 Å². The lowest BCUT2D eigenvalue weighted by Crippen LogP contribution is -2.53. The zero-order valence-electron chi connectivity index (χ0n) is 20.6. The van der Waals surface area contributed by atoms with Crippen molar-refractivity contribution in [1.29, 1.82) is 0 Å². The summed E-state index contributed by atoms with van der Waals surface area (Å²) in [6.07, 6.45) is 3.37. The largest absolute Gasteiger partial charge is 0.497 e. The third kappa shape index (κ3) is 6.04. The second kappa shape index (κ2) is 11.3. The predicted molar refractivity (Wildman–Crippen MR) is 130 cm³/mol. The molecule has 1 aliphatic rings. The number of esters is 1. The van der Waals surface area contributed by atoms with Crippen LogP contribution in [0.15, 0.2) is 48.5 Å². The number of fused-ring (bicyclic) bond motifs is 1. The summed E-state index contributed by atoms with van der Waals surface area (Å²) in [4.78, 5) is 40.5. The molecule has 0 spiro atoms. The van der Waals surface area contributed by atoms with Crippen molar-refractivity contribution in [2.75, 3.05) is 13.7 Å². The van der Waals surface area contributed by atoms with Crippen molar-refractivity contribution in [2.45, 2.75) is 65.5 Å². The van der Waals surface area contributed by atoms with E-state index in [1.54, 1.807) is 21.0 Å². The number of ether oxygens (including phenoxy) is 2. The molecule has 1 amide bonds. The summed E-state index contributed by atoms with van der Waals surface area (Å²) in [5.41, 5.74) is 2.39. The molecule has 182 valence electrons. The fourth-order valence-corrected chi connectivity index (χ4v) is 4.02. The molecule has 0 aromatic heterocycles. The Labute approximate surface area is 202 Å². The maximum absolute atomic E-state index is 13.2. The molecule has 0 fully saturated rings. The molecule has 6 nitrogen and oxygen atoms in total. The van der Waals surface area contributed by atoms with E-state index in [1.807, 2.05) is 55.5 Å². The highest BCUT2D eigenvalue weighted by Gasteiger charge is 2.41. The fraction of sp³-hybridized carbons (Fsp3) is 0.464. The lowest BCUT2D eigenvalue weighted by atomic mass is 9.83. The smallest absolute Gasteiger partial charge is 0.329 e. The number of hydrogen-bond acceptors (Lipinski definition) is 5. The van der Waals surface area contributed by atoms with Gasteiger partial charge >= 0.3 is 5.97 Å². The molecule has 0 radical (unpaired) electrons. The van der Waals surface area contributed by atoms with Gasteiger partial charge in [-0.15, -0.1) is 0 Å². The van der Waals surface area contributed by atoms with Crippen molar-refractivity contribution in [3.05, 3.63) is 65.2 Å². The van der Waals surface area contributed by atoms with E-state index in [0.29, 0.717) is 12.8 Å². The Balaban J connectivity index is 1.61. The van der Waals surface area contributed by atoms with Gasteiger partial charge in [-0.3, -0.25) is 9.59 Å². The van der Waals surface area contributed by atoms with Crippen LogP contribution in [0.4, 0.5) is 0 Å². The molecule has 34 heavy (non-hydrogen) atoms. The van der Waals surface area contributed by atoms with E-state index in [2.05, 4.69) is 0 Å². The van der Waals surface area contributed by atoms with Gasteiger partial charge in [-0.05, 0) is 54.5 Å². The number of unbranched alkanes of at least 4 members (excludes halogenated alkanes) is 1. The van der Waals surface area contributed by atoms with Crippen molar-refractivity contribution in [3.63, 3.8) is 0 Å². The van der Waals surface area contributed by atoms with Crippen molar-refractivity contribution < 1.29 is 23.9 Å². The van der Waals surface area contributed by atoms with Gasteiger partial charge in [0.25, 0.3) is 5.91 Å². The maximum atomic E-state index is 13.2. The molecule has 0 saturated heterocycles. The standard InChI is InChI=1S/C28H35NO5/c1-5-28(2,3)25(30)26(31)29-19-22-12-7-6-11-21(22)18-24(29)27(32)34-17-9-8-10-20-13-15-23(33-4)16-14-20/h6-7,11-16,24H,5,8-10,17-19H2,1-4H3/t24-/m0/s1. The van der Waals surface area contributed by atoms with Crippen LogP contribution in [0, 0.1) is 5.41 Å². The molecule has 0 aliphatic carbocycles. The van der Waals surface area contributed by atoms with Crippen LogP contribution in [-0.4, -0.2) is 42.3 Å². The third-order valence-electron chi connectivity index (χ3n) is 6.74. The topological polar surface area (TPSA) is 72.9 Å². The van der Waals surface area contributed by atoms with E-state index in [1.165, 1.54) is 10.5 Å². The van der Waals surface area contributed by atoms with Crippen molar-refractivity contribution in [2.24, 2.45) is 5.41 Å². The van der Waals surface area contributed by atoms with Gasteiger partial charge in [0.15, 0.2) is 0 Å². The van der Waals surface area contributed by atoms with Gasteiger partial charge in [0, 0.05) is 18.4 Å². The second-order valence-corrected chi connectivity index (χ2v) is 9.46. The van der Waals surface area contributed by atoms with E-state index in [4.69, 9.17) is 9.47 Å². The van der Waals surface area contributed by atoms with Gasteiger partial charge in [0.05, 0.1) is 13.7 Å².